The van der Waals surface area contributed by atoms with Crippen molar-refractivity contribution in [3.63, 3.8) is 0 Å². The predicted octanol–water partition coefficient (Wildman–Crippen LogP) is 1.02. The van der Waals surface area contributed by atoms with Gasteiger partial charge in [-0.2, -0.15) is 0 Å². The van der Waals surface area contributed by atoms with Crippen molar-refractivity contribution in [3.8, 4) is 0 Å². The summed E-state index contributed by atoms with van der Waals surface area (Å²) in [4.78, 5) is 11.4. The molecule has 25 heavy (non-hydrogen) atoms. The maximum absolute atomic E-state index is 6.06. The summed E-state index contributed by atoms with van der Waals surface area (Å²) in [5.41, 5.74) is 1.24. The lowest BCUT2D eigenvalue weighted by Gasteiger charge is -2.44. The van der Waals surface area contributed by atoms with Crippen LogP contribution in [0.1, 0.15) is 31.2 Å². The van der Waals surface area contributed by atoms with Gasteiger partial charge in [0.15, 0.2) is 0 Å². The first-order chi connectivity index (χ1) is 12.3. The van der Waals surface area contributed by atoms with Gasteiger partial charge in [0.05, 0.1) is 18.3 Å². The van der Waals surface area contributed by atoms with E-state index in [0.717, 1.165) is 78.2 Å². The highest BCUT2D eigenvalue weighted by molar-refractivity contribution is 5.25. The van der Waals surface area contributed by atoms with Crippen molar-refractivity contribution in [2.24, 2.45) is 0 Å². The van der Waals surface area contributed by atoms with Crippen molar-refractivity contribution in [2.75, 3.05) is 51.3 Å². The van der Waals surface area contributed by atoms with Gasteiger partial charge >= 0.3 is 0 Å². The summed E-state index contributed by atoms with van der Waals surface area (Å²) in [6, 6.07) is 0. The van der Waals surface area contributed by atoms with Gasteiger partial charge in [-0.3, -0.25) is 4.90 Å². The normalized spacial score (nSPS) is 26.8. The molecule has 7 heteroatoms. The molecular formula is C18H29N5O2. The van der Waals surface area contributed by atoms with Gasteiger partial charge in [0.2, 0.25) is 5.95 Å². The SMILES string of the molecule is c1nc(NCC2CCCO2)ncc1CN1CCC2(CC1)CNCCO2. The van der Waals surface area contributed by atoms with Crippen LogP contribution in [0.2, 0.25) is 0 Å². The molecule has 1 spiro atoms. The minimum atomic E-state index is 0.0708. The molecule has 1 unspecified atom stereocenters. The van der Waals surface area contributed by atoms with Crippen molar-refractivity contribution in [1.82, 2.24) is 20.2 Å². The van der Waals surface area contributed by atoms with Gasteiger partial charge in [0, 0.05) is 63.8 Å². The summed E-state index contributed by atoms with van der Waals surface area (Å²) in [5.74, 6) is 0.693. The number of hydrogen-bond acceptors (Lipinski definition) is 7. The van der Waals surface area contributed by atoms with Crippen LogP contribution in [-0.2, 0) is 16.0 Å². The molecule has 0 saturated carbocycles. The lowest BCUT2D eigenvalue weighted by atomic mass is 9.90. The van der Waals surface area contributed by atoms with Gasteiger partial charge in [-0.15, -0.1) is 0 Å². The Morgan fingerprint density at radius 1 is 1.24 bits per heavy atom. The second-order valence-electron chi connectivity index (χ2n) is 7.42. The second-order valence-corrected chi connectivity index (χ2v) is 7.42. The molecule has 1 atom stereocenters. The van der Waals surface area contributed by atoms with E-state index in [9.17, 15) is 0 Å². The average molecular weight is 347 g/mol. The Morgan fingerprint density at radius 3 is 2.76 bits per heavy atom. The van der Waals surface area contributed by atoms with Gasteiger partial charge in [-0.1, -0.05) is 0 Å². The van der Waals surface area contributed by atoms with Crippen molar-refractivity contribution in [2.45, 2.75) is 43.9 Å². The quantitative estimate of drug-likeness (QED) is 0.824. The fourth-order valence-corrected chi connectivity index (χ4v) is 3.94. The number of nitrogens with zero attached hydrogens (tertiary/aromatic N) is 3. The number of hydrogen-bond donors (Lipinski definition) is 2. The Morgan fingerprint density at radius 2 is 2.08 bits per heavy atom. The summed E-state index contributed by atoms with van der Waals surface area (Å²) in [5, 5.41) is 6.74. The van der Waals surface area contributed by atoms with E-state index in [2.05, 4.69) is 25.5 Å². The molecule has 3 aliphatic rings. The third-order valence-corrected chi connectivity index (χ3v) is 5.52. The van der Waals surface area contributed by atoms with Crippen molar-refractivity contribution in [1.29, 1.82) is 0 Å². The number of rotatable bonds is 5. The van der Waals surface area contributed by atoms with Gasteiger partial charge < -0.3 is 20.1 Å². The molecule has 138 valence electrons. The van der Waals surface area contributed by atoms with Gasteiger partial charge in [-0.05, 0) is 25.7 Å². The van der Waals surface area contributed by atoms with Crippen LogP contribution in [-0.4, -0.2) is 72.5 Å². The van der Waals surface area contributed by atoms with E-state index in [4.69, 9.17) is 9.47 Å². The number of morpholine rings is 1. The number of likely N-dealkylation sites (tertiary alicyclic amines) is 1. The number of anilines is 1. The molecule has 0 bridgehead atoms. The average Bonchev–Trinajstić information content (AvgIpc) is 3.18. The lowest BCUT2D eigenvalue weighted by molar-refractivity contribution is -0.100. The minimum Gasteiger partial charge on any atom is -0.376 e. The summed E-state index contributed by atoms with van der Waals surface area (Å²) < 4.78 is 11.7. The van der Waals surface area contributed by atoms with Crippen molar-refractivity contribution < 1.29 is 9.47 Å². The van der Waals surface area contributed by atoms with Crippen LogP contribution in [0.5, 0.6) is 0 Å². The van der Waals surface area contributed by atoms with E-state index >= 15 is 0 Å². The van der Waals surface area contributed by atoms with Crippen LogP contribution in [0.15, 0.2) is 12.4 Å². The highest BCUT2D eigenvalue weighted by atomic mass is 16.5. The summed E-state index contributed by atoms with van der Waals surface area (Å²) in [6.07, 6.45) is 8.66. The van der Waals surface area contributed by atoms with Crippen LogP contribution >= 0.6 is 0 Å². The maximum atomic E-state index is 6.06. The molecule has 0 aromatic carbocycles. The van der Waals surface area contributed by atoms with Gasteiger partial charge in [-0.25, -0.2) is 9.97 Å². The topological polar surface area (TPSA) is 71.5 Å². The lowest BCUT2D eigenvalue weighted by Crippen LogP contribution is -2.55. The zero-order chi connectivity index (χ0) is 17.0. The zero-order valence-electron chi connectivity index (χ0n) is 14.9. The van der Waals surface area contributed by atoms with Crippen LogP contribution in [0.4, 0.5) is 5.95 Å². The Hall–Kier alpha value is -1.28. The van der Waals surface area contributed by atoms with Gasteiger partial charge in [0.1, 0.15) is 0 Å². The van der Waals surface area contributed by atoms with E-state index in [0.29, 0.717) is 12.1 Å². The molecular weight excluding hydrogens is 318 g/mol. The molecule has 3 saturated heterocycles. The van der Waals surface area contributed by atoms with Crippen LogP contribution < -0.4 is 10.6 Å². The van der Waals surface area contributed by atoms with Crippen molar-refractivity contribution >= 4 is 5.95 Å². The Bertz CT molecular complexity index is 531. The Kier molecular flexibility index (Phi) is 5.45. The second kappa shape index (κ2) is 7.95. The minimum absolute atomic E-state index is 0.0708. The molecule has 2 N–H and O–H groups in total. The van der Waals surface area contributed by atoms with E-state index < -0.39 is 0 Å². The predicted molar refractivity (Wildman–Crippen MR) is 95.6 cm³/mol. The van der Waals surface area contributed by atoms with E-state index in [-0.39, 0.29) is 5.60 Å². The third kappa shape index (κ3) is 4.47. The first kappa shape index (κ1) is 17.1. The maximum Gasteiger partial charge on any atom is 0.222 e. The molecule has 0 radical (unpaired) electrons. The first-order valence-corrected chi connectivity index (χ1v) is 9.55. The molecule has 0 amide bonds. The molecule has 0 aliphatic carbocycles. The number of piperidine rings is 1. The van der Waals surface area contributed by atoms with Crippen LogP contribution in [0.25, 0.3) is 0 Å². The van der Waals surface area contributed by atoms with Crippen LogP contribution in [0, 0.1) is 0 Å². The number of nitrogens with one attached hydrogen (secondary N) is 2. The fourth-order valence-electron chi connectivity index (χ4n) is 3.94. The molecule has 3 fully saturated rings. The van der Waals surface area contributed by atoms with E-state index in [1.54, 1.807) is 0 Å². The zero-order valence-corrected chi connectivity index (χ0v) is 14.9. The van der Waals surface area contributed by atoms with E-state index in [1.807, 2.05) is 12.4 Å². The van der Waals surface area contributed by atoms with Gasteiger partial charge in [0.25, 0.3) is 0 Å². The first-order valence-electron chi connectivity index (χ1n) is 9.55. The Labute approximate surface area is 149 Å². The summed E-state index contributed by atoms with van der Waals surface area (Å²) in [6.45, 7) is 7.54. The van der Waals surface area contributed by atoms with E-state index in [1.165, 1.54) is 5.56 Å². The largest absolute Gasteiger partial charge is 0.376 e. The molecule has 4 rings (SSSR count). The molecule has 1 aromatic rings. The summed E-state index contributed by atoms with van der Waals surface area (Å²) >= 11 is 0. The summed E-state index contributed by atoms with van der Waals surface area (Å²) in [7, 11) is 0. The number of aromatic nitrogens is 2. The molecule has 4 heterocycles. The van der Waals surface area contributed by atoms with Crippen LogP contribution in [0.3, 0.4) is 0 Å². The molecule has 3 aliphatic heterocycles. The number of ether oxygens (including phenoxy) is 2. The smallest absolute Gasteiger partial charge is 0.222 e. The monoisotopic (exact) mass is 347 g/mol. The Balaban J connectivity index is 1.23. The molecule has 7 nitrogen and oxygen atoms in total. The highest BCUT2D eigenvalue weighted by Crippen LogP contribution is 2.28. The highest BCUT2D eigenvalue weighted by Gasteiger charge is 2.36. The molecule has 1 aromatic heterocycles. The third-order valence-electron chi connectivity index (χ3n) is 5.52. The standard InChI is InChI=1S/C18H29N5O2/c1-2-16(24-8-1)12-22-17-20-10-15(11-21-17)13-23-6-3-18(4-7-23)14-19-5-9-25-18/h10-11,16,19H,1-9,12-14H2,(H,20,21,22). The fraction of sp³-hybridized carbons (Fsp3) is 0.778. The van der Waals surface area contributed by atoms with Crippen molar-refractivity contribution in [3.05, 3.63) is 18.0 Å².